The summed E-state index contributed by atoms with van der Waals surface area (Å²) < 4.78 is 16.8. The Balaban J connectivity index is 1.62. The van der Waals surface area contributed by atoms with E-state index in [0.29, 0.717) is 38.7 Å². The molecule has 0 saturated heterocycles. The van der Waals surface area contributed by atoms with Crippen LogP contribution in [0.2, 0.25) is 5.02 Å². The zero-order chi connectivity index (χ0) is 23.5. The Hall–Kier alpha value is -3.77. The topological polar surface area (TPSA) is 77.8 Å². The molecule has 1 N–H and O–H groups in total. The molecule has 0 spiro atoms. The largest absolute Gasteiger partial charge is 0.497 e. The molecule has 0 saturated carbocycles. The van der Waals surface area contributed by atoms with Gasteiger partial charge in [0.1, 0.15) is 17.1 Å². The van der Waals surface area contributed by atoms with Crippen molar-refractivity contribution in [2.75, 3.05) is 12.4 Å². The highest BCUT2D eigenvalue weighted by Gasteiger charge is 2.25. The van der Waals surface area contributed by atoms with Crippen molar-refractivity contribution in [3.05, 3.63) is 88.6 Å². The molecular weight excluding hydrogens is 442 g/mol. The molecule has 4 rings (SSSR count). The number of ketones is 1. The smallest absolute Gasteiger partial charge is 0.265 e. The van der Waals surface area contributed by atoms with Crippen molar-refractivity contribution in [2.24, 2.45) is 0 Å². The number of benzene rings is 3. The lowest BCUT2D eigenvalue weighted by Crippen LogP contribution is -2.30. The summed E-state index contributed by atoms with van der Waals surface area (Å²) in [6.45, 7) is 3.49. The number of carbonyl (C=O) groups is 2. The SMILES string of the molecule is COc1ccc(C(=O)c2oc3ccccc3c2NC(=O)C(C)Oc2ccc(Cl)c(C)c2)cc1. The van der Waals surface area contributed by atoms with Crippen LogP contribution in [-0.2, 0) is 4.79 Å². The van der Waals surface area contributed by atoms with Crippen LogP contribution in [0.1, 0.15) is 28.6 Å². The first-order valence-electron chi connectivity index (χ1n) is 10.3. The van der Waals surface area contributed by atoms with Gasteiger partial charge in [0, 0.05) is 16.0 Å². The van der Waals surface area contributed by atoms with Gasteiger partial charge in [-0.3, -0.25) is 9.59 Å². The van der Waals surface area contributed by atoms with E-state index in [9.17, 15) is 9.59 Å². The van der Waals surface area contributed by atoms with Crippen molar-refractivity contribution in [1.82, 2.24) is 0 Å². The number of ether oxygens (including phenoxy) is 2. The number of methoxy groups -OCH3 is 1. The van der Waals surface area contributed by atoms with Crippen molar-refractivity contribution in [3.63, 3.8) is 0 Å². The molecule has 0 aliphatic rings. The van der Waals surface area contributed by atoms with Gasteiger partial charge in [-0.15, -0.1) is 0 Å². The fourth-order valence-corrected chi connectivity index (χ4v) is 3.49. The third-order valence-corrected chi connectivity index (χ3v) is 5.64. The average Bonchev–Trinajstić information content (AvgIpc) is 3.19. The van der Waals surface area contributed by atoms with Crippen LogP contribution in [0, 0.1) is 6.92 Å². The first-order chi connectivity index (χ1) is 15.9. The number of amides is 1. The van der Waals surface area contributed by atoms with E-state index in [0.717, 1.165) is 5.56 Å². The molecule has 0 radical (unpaired) electrons. The summed E-state index contributed by atoms with van der Waals surface area (Å²) >= 11 is 6.06. The highest BCUT2D eigenvalue weighted by molar-refractivity contribution is 6.31. The fourth-order valence-electron chi connectivity index (χ4n) is 3.38. The Bertz CT molecular complexity index is 1330. The van der Waals surface area contributed by atoms with Crippen molar-refractivity contribution < 1.29 is 23.5 Å². The van der Waals surface area contributed by atoms with Gasteiger partial charge in [0.05, 0.1) is 12.8 Å². The maximum atomic E-state index is 13.2. The van der Waals surface area contributed by atoms with Gasteiger partial charge in [-0.25, -0.2) is 0 Å². The third-order valence-electron chi connectivity index (χ3n) is 5.21. The Kier molecular flexibility index (Phi) is 6.38. The number of hydrogen-bond acceptors (Lipinski definition) is 5. The van der Waals surface area contributed by atoms with E-state index < -0.39 is 12.0 Å². The lowest BCUT2D eigenvalue weighted by molar-refractivity contribution is -0.122. The summed E-state index contributed by atoms with van der Waals surface area (Å²) in [6.07, 6.45) is -0.830. The Labute approximate surface area is 196 Å². The van der Waals surface area contributed by atoms with Crippen molar-refractivity contribution in [2.45, 2.75) is 20.0 Å². The van der Waals surface area contributed by atoms with Crippen molar-refractivity contribution in [1.29, 1.82) is 0 Å². The first kappa shape index (κ1) is 22.4. The lowest BCUT2D eigenvalue weighted by atomic mass is 10.1. The number of rotatable bonds is 7. The van der Waals surface area contributed by atoms with Gasteiger partial charge in [0.25, 0.3) is 5.91 Å². The van der Waals surface area contributed by atoms with E-state index >= 15 is 0 Å². The molecule has 1 atom stereocenters. The molecule has 6 nitrogen and oxygen atoms in total. The van der Waals surface area contributed by atoms with Crippen LogP contribution in [0.3, 0.4) is 0 Å². The summed E-state index contributed by atoms with van der Waals surface area (Å²) in [5.41, 5.74) is 2.05. The van der Waals surface area contributed by atoms with Gasteiger partial charge in [0.2, 0.25) is 5.78 Å². The molecule has 1 unspecified atom stereocenters. The van der Waals surface area contributed by atoms with Crippen LogP contribution in [0.4, 0.5) is 5.69 Å². The molecule has 0 bridgehead atoms. The highest BCUT2D eigenvalue weighted by Crippen LogP contribution is 2.33. The third kappa shape index (κ3) is 4.71. The lowest BCUT2D eigenvalue weighted by Gasteiger charge is -2.15. The predicted octanol–water partition coefficient (Wildman–Crippen LogP) is 6.04. The molecule has 0 aliphatic carbocycles. The number of nitrogens with one attached hydrogen (secondary N) is 1. The predicted molar refractivity (Wildman–Crippen MR) is 128 cm³/mol. The number of halogens is 1. The first-order valence-corrected chi connectivity index (χ1v) is 10.7. The number of hydrogen-bond donors (Lipinski definition) is 1. The van der Waals surface area contributed by atoms with Gasteiger partial charge >= 0.3 is 0 Å². The summed E-state index contributed by atoms with van der Waals surface area (Å²) in [7, 11) is 1.55. The second-order valence-corrected chi connectivity index (χ2v) is 7.93. The van der Waals surface area contributed by atoms with Gasteiger partial charge in [-0.05, 0) is 74.0 Å². The Morgan fingerprint density at radius 2 is 1.70 bits per heavy atom. The molecule has 1 heterocycles. The van der Waals surface area contributed by atoms with Crippen LogP contribution in [0.25, 0.3) is 11.0 Å². The van der Waals surface area contributed by atoms with E-state index in [1.165, 1.54) is 0 Å². The number of aryl methyl sites for hydroxylation is 1. The van der Waals surface area contributed by atoms with E-state index in [2.05, 4.69) is 5.32 Å². The normalized spacial score (nSPS) is 11.8. The molecule has 1 aromatic heterocycles. The maximum Gasteiger partial charge on any atom is 0.265 e. The second kappa shape index (κ2) is 9.38. The maximum absolute atomic E-state index is 13.2. The zero-order valence-electron chi connectivity index (χ0n) is 18.3. The Morgan fingerprint density at radius 3 is 2.39 bits per heavy atom. The quantitative estimate of drug-likeness (QED) is 0.338. The Morgan fingerprint density at radius 1 is 1.00 bits per heavy atom. The number of furan rings is 1. The minimum Gasteiger partial charge on any atom is -0.497 e. The number of para-hydroxylation sites is 1. The molecule has 7 heteroatoms. The van der Waals surface area contributed by atoms with Gasteiger partial charge in [-0.1, -0.05) is 23.7 Å². The minimum atomic E-state index is -0.830. The van der Waals surface area contributed by atoms with Crippen LogP contribution in [0.5, 0.6) is 11.5 Å². The van der Waals surface area contributed by atoms with E-state index in [1.807, 2.05) is 13.0 Å². The molecule has 0 aliphatic heterocycles. The minimum absolute atomic E-state index is 0.0456. The van der Waals surface area contributed by atoms with Crippen LogP contribution in [0.15, 0.2) is 71.1 Å². The fraction of sp³-hybridized carbons (Fsp3) is 0.154. The number of carbonyl (C=O) groups excluding carboxylic acids is 2. The highest BCUT2D eigenvalue weighted by atomic mass is 35.5. The molecule has 168 valence electrons. The summed E-state index contributed by atoms with van der Waals surface area (Å²) in [4.78, 5) is 26.2. The van der Waals surface area contributed by atoms with Crippen molar-refractivity contribution >= 4 is 39.9 Å². The number of fused-ring (bicyclic) bond motifs is 1. The molecular formula is C26H22ClNO5. The monoisotopic (exact) mass is 463 g/mol. The van der Waals surface area contributed by atoms with Crippen LogP contribution < -0.4 is 14.8 Å². The molecule has 4 aromatic rings. The summed E-state index contributed by atoms with van der Waals surface area (Å²) in [5.74, 6) is 0.424. The van der Waals surface area contributed by atoms with Gasteiger partial charge in [-0.2, -0.15) is 0 Å². The van der Waals surface area contributed by atoms with E-state index in [4.69, 9.17) is 25.5 Å². The molecule has 3 aromatic carbocycles. The van der Waals surface area contributed by atoms with E-state index in [1.54, 1.807) is 74.7 Å². The molecule has 33 heavy (non-hydrogen) atoms. The van der Waals surface area contributed by atoms with Gasteiger partial charge < -0.3 is 19.2 Å². The molecule has 1 amide bonds. The van der Waals surface area contributed by atoms with Crippen LogP contribution in [-0.4, -0.2) is 24.9 Å². The van der Waals surface area contributed by atoms with E-state index in [-0.39, 0.29) is 11.5 Å². The number of anilines is 1. The summed E-state index contributed by atoms with van der Waals surface area (Å²) in [5, 5.41) is 4.06. The zero-order valence-corrected chi connectivity index (χ0v) is 19.1. The second-order valence-electron chi connectivity index (χ2n) is 7.52. The standard InChI is InChI=1S/C26H22ClNO5/c1-15-14-19(12-13-21(15)27)32-16(2)26(30)28-23-20-6-4-5-7-22(20)33-25(23)24(29)17-8-10-18(31-3)11-9-17/h4-14,16H,1-3H3,(H,28,30). The van der Waals surface area contributed by atoms with Crippen molar-refractivity contribution in [3.8, 4) is 11.5 Å². The molecule has 0 fully saturated rings. The summed E-state index contributed by atoms with van der Waals surface area (Å²) in [6, 6.07) is 19.0. The van der Waals surface area contributed by atoms with Crippen LogP contribution >= 0.6 is 11.6 Å². The average molecular weight is 464 g/mol. The van der Waals surface area contributed by atoms with Gasteiger partial charge in [0.15, 0.2) is 11.9 Å².